The molecule has 4 aromatic carbocycles. The molecule has 4 heterocycles. The number of fused-ring (bicyclic) bond motifs is 5. The summed E-state index contributed by atoms with van der Waals surface area (Å²) in [7, 11) is 0. The molecule has 4 nitrogen and oxygen atoms in total. The van der Waals surface area contributed by atoms with Gasteiger partial charge in [-0.25, -0.2) is 0 Å². The Bertz CT molecular complexity index is 2480. The van der Waals surface area contributed by atoms with Crippen LogP contribution in [0.4, 0.5) is 0 Å². The number of hydrogen-bond acceptors (Lipinski definition) is 4. The standard InChI is InChI=1S/C25H28N.C21H13N2O.Ir/c1-17-7-10-22(24-13-18(2)19(3)16-26-24)14-23(17)21-11-8-20(9-12-21)15-25(4,5)6;1-13-11-18-14(12-23-13)8-9-16-15-5-4-6-17(20(15)24-21(16)18)19-7-2-3-10-22-19;/h7-9,11-14,16H,15H2,1-6H3;2-5,7-12H,1H3;/q2*-1;. The SMILES string of the molecule is Cc1cc2c(ccc3c4cc[c-]c(-c5ccccn5)c4oc23)cn1.Cc1cnc(-c2[c-]cc(C)c(-c3ccc(CC(C)(C)C)cc3)c2)cc1C.[Ir]. The van der Waals surface area contributed by atoms with Gasteiger partial charge < -0.3 is 14.4 Å². The van der Waals surface area contributed by atoms with Crippen LogP contribution in [0.1, 0.15) is 48.7 Å². The first-order valence-electron chi connectivity index (χ1n) is 17.1. The molecule has 8 rings (SSSR count). The van der Waals surface area contributed by atoms with Crippen molar-refractivity contribution < 1.29 is 24.5 Å². The van der Waals surface area contributed by atoms with E-state index in [4.69, 9.17) is 4.42 Å². The van der Waals surface area contributed by atoms with Crippen molar-refractivity contribution in [2.24, 2.45) is 5.41 Å². The van der Waals surface area contributed by atoms with Crippen molar-refractivity contribution in [1.82, 2.24) is 15.0 Å². The molecule has 4 aromatic heterocycles. The van der Waals surface area contributed by atoms with Crippen molar-refractivity contribution in [3.63, 3.8) is 0 Å². The first kappa shape index (κ1) is 35.9. The van der Waals surface area contributed by atoms with Crippen LogP contribution in [0.2, 0.25) is 0 Å². The van der Waals surface area contributed by atoms with Gasteiger partial charge in [0, 0.05) is 60.5 Å². The van der Waals surface area contributed by atoms with Gasteiger partial charge in [-0.2, -0.15) is 0 Å². The van der Waals surface area contributed by atoms with Gasteiger partial charge in [0.25, 0.3) is 0 Å². The van der Waals surface area contributed by atoms with Crippen LogP contribution in [0, 0.1) is 45.2 Å². The molecule has 5 heteroatoms. The van der Waals surface area contributed by atoms with Crippen molar-refractivity contribution in [2.45, 2.75) is 54.9 Å². The van der Waals surface area contributed by atoms with E-state index >= 15 is 0 Å². The van der Waals surface area contributed by atoms with Crippen LogP contribution >= 0.6 is 0 Å². The molecule has 0 amide bonds. The van der Waals surface area contributed by atoms with E-state index in [1.807, 2.05) is 49.6 Å². The zero-order valence-electron chi connectivity index (χ0n) is 30.2. The van der Waals surface area contributed by atoms with E-state index in [1.54, 1.807) is 6.20 Å². The van der Waals surface area contributed by atoms with Gasteiger partial charge in [0.2, 0.25) is 0 Å². The molecule has 0 saturated heterocycles. The molecule has 0 unspecified atom stereocenters. The van der Waals surface area contributed by atoms with E-state index in [2.05, 4.69) is 129 Å². The fourth-order valence-electron chi connectivity index (χ4n) is 6.43. The maximum absolute atomic E-state index is 6.31. The first-order chi connectivity index (χ1) is 24.0. The van der Waals surface area contributed by atoms with Gasteiger partial charge in [0.1, 0.15) is 5.58 Å². The Labute approximate surface area is 314 Å². The van der Waals surface area contributed by atoms with E-state index in [-0.39, 0.29) is 20.1 Å². The fourth-order valence-corrected chi connectivity index (χ4v) is 6.43. The van der Waals surface area contributed by atoms with Crippen LogP contribution in [0.3, 0.4) is 0 Å². The Morgan fingerprint density at radius 3 is 2.18 bits per heavy atom. The number of rotatable bonds is 4. The largest absolute Gasteiger partial charge is 0.500 e. The van der Waals surface area contributed by atoms with Gasteiger partial charge in [0.15, 0.2) is 0 Å². The molecule has 0 bridgehead atoms. The third-order valence-electron chi connectivity index (χ3n) is 9.16. The molecule has 8 aromatic rings. The maximum Gasteiger partial charge on any atom is 0.128 e. The van der Waals surface area contributed by atoms with E-state index in [0.717, 1.165) is 67.3 Å². The Balaban J connectivity index is 0.000000173. The van der Waals surface area contributed by atoms with Gasteiger partial charge in [-0.05, 0) is 72.8 Å². The summed E-state index contributed by atoms with van der Waals surface area (Å²) in [5.41, 5.74) is 14.4. The molecule has 51 heavy (non-hydrogen) atoms. The molecule has 0 aliphatic carbocycles. The van der Waals surface area contributed by atoms with Gasteiger partial charge in [-0.15, -0.1) is 47.5 Å². The third-order valence-corrected chi connectivity index (χ3v) is 9.16. The molecule has 0 saturated carbocycles. The Morgan fingerprint density at radius 1 is 0.667 bits per heavy atom. The van der Waals surface area contributed by atoms with E-state index < -0.39 is 0 Å². The summed E-state index contributed by atoms with van der Waals surface area (Å²) in [6.45, 7) is 15.2. The quantitative estimate of drug-likeness (QED) is 0.166. The first-order valence-corrected chi connectivity index (χ1v) is 17.1. The topological polar surface area (TPSA) is 51.8 Å². The molecule has 0 aliphatic heterocycles. The number of furan rings is 1. The van der Waals surface area contributed by atoms with Gasteiger partial charge >= 0.3 is 0 Å². The molecule has 0 spiro atoms. The average Bonchev–Trinajstić information content (AvgIpc) is 3.50. The minimum Gasteiger partial charge on any atom is -0.500 e. The Hall–Kier alpha value is -4.96. The van der Waals surface area contributed by atoms with Crippen LogP contribution in [0.25, 0.3) is 66.4 Å². The average molecular weight is 844 g/mol. The van der Waals surface area contributed by atoms with Crippen molar-refractivity contribution in [2.75, 3.05) is 0 Å². The number of pyridine rings is 3. The summed E-state index contributed by atoms with van der Waals surface area (Å²) in [4.78, 5) is 13.4. The summed E-state index contributed by atoms with van der Waals surface area (Å²) >= 11 is 0. The van der Waals surface area contributed by atoms with Crippen LogP contribution < -0.4 is 0 Å². The van der Waals surface area contributed by atoms with E-state index in [0.29, 0.717) is 5.41 Å². The molecule has 0 atom stereocenters. The Kier molecular flexibility index (Phi) is 10.3. The second-order valence-corrected chi connectivity index (χ2v) is 14.4. The molecular formula is C46H41IrN3O-2. The zero-order chi connectivity index (χ0) is 35.0. The summed E-state index contributed by atoms with van der Waals surface area (Å²) in [5, 5.41) is 4.36. The summed E-state index contributed by atoms with van der Waals surface area (Å²) in [5.74, 6) is 0. The molecular weight excluding hydrogens is 803 g/mol. The van der Waals surface area contributed by atoms with Crippen molar-refractivity contribution >= 4 is 32.7 Å². The number of aryl methyl sites for hydroxylation is 4. The molecule has 0 aliphatic rings. The second kappa shape index (κ2) is 14.7. The van der Waals surface area contributed by atoms with Crippen molar-refractivity contribution in [1.29, 1.82) is 0 Å². The van der Waals surface area contributed by atoms with Crippen LogP contribution in [0.5, 0.6) is 0 Å². The van der Waals surface area contributed by atoms with Gasteiger partial charge in [-0.1, -0.05) is 104 Å². The monoisotopic (exact) mass is 844 g/mol. The minimum atomic E-state index is 0. The molecule has 1 radical (unpaired) electrons. The van der Waals surface area contributed by atoms with E-state index in [9.17, 15) is 0 Å². The van der Waals surface area contributed by atoms with Crippen molar-refractivity contribution in [3.8, 4) is 33.6 Å². The second-order valence-electron chi connectivity index (χ2n) is 14.4. The number of benzene rings is 4. The zero-order valence-corrected chi connectivity index (χ0v) is 32.6. The normalized spacial score (nSPS) is 11.4. The number of hydrogen-bond donors (Lipinski definition) is 0. The maximum atomic E-state index is 6.31. The number of aromatic nitrogens is 3. The molecule has 257 valence electrons. The summed E-state index contributed by atoms with van der Waals surface area (Å²) in [6, 6.07) is 38.2. The predicted molar refractivity (Wildman–Crippen MR) is 207 cm³/mol. The van der Waals surface area contributed by atoms with E-state index in [1.165, 1.54) is 33.4 Å². The van der Waals surface area contributed by atoms with Crippen LogP contribution in [-0.4, -0.2) is 15.0 Å². The van der Waals surface area contributed by atoms with Crippen molar-refractivity contribution in [3.05, 3.63) is 150 Å². The fraction of sp³-hybridized carbons (Fsp3) is 0.196. The molecule has 0 N–H and O–H groups in total. The van der Waals surface area contributed by atoms with Crippen LogP contribution in [0.15, 0.2) is 114 Å². The Morgan fingerprint density at radius 2 is 1.45 bits per heavy atom. The minimum absolute atomic E-state index is 0. The smallest absolute Gasteiger partial charge is 0.128 e. The van der Waals surface area contributed by atoms with Gasteiger partial charge in [-0.3, -0.25) is 4.98 Å². The van der Waals surface area contributed by atoms with Crippen LogP contribution in [-0.2, 0) is 26.5 Å². The molecule has 0 fully saturated rings. The number of nitrogens with zero attached hydrogens (tertiary/aromatic N) is 3. The predicted octanol–water partition coefficient (Wildman–Crippen LogP) is 12.0. The van der Waals surface area contributed by atoms with Gasteiger partial charge in [0.05, 0.1) is 5.58 Å². The summed E-state index contributed by atoms with van der Waals surface area (Å²) < 4.78 is 6.31. The summed E-state index contributed by atoms with van der Waals surface area (Å²) in [6.07, 6.45) is 6.71. The third kappa shape index (κ3) is 7.71.